The highest BCUT2D eigenvalue weighted by atomic mass is 32.2. The summed E-state index contributed by atoms with van der Waals surface area (Å²) in [5, 5.41) is 0. The van der Waals surface area contributed by atoms with Gasteiger partial charge in [-0.1, -0.05) is 17.7 Å². The molecule has 0 aromatic heterocycles. The van der Waals surface area contributed by atoms with Crippen molar-refractivity contribution in [1.82, 2.24) is 9.80 Å². The highest BCUT2D eigenvalue weighted by Gasteiger charge is 2.51. The van der Waals surface area contributed by atoms with Gasteiger partial charge in [0.2, 0.25) is 5.91 Å². The number of primary amides is 1. The number of benzene rings is 2. The molecule has 34 heavy (non-hydrogen) atoms. The molecule has 2 aliphatic heterocycles. The second kappa shape index (κ2) is 10.4. The van der Waals surface area contributed by atoms with Crippen LogP contribution in [-0.2, 0) is 19.4 Å². The standard InChI is InChI=1S/C25H33N3O5S/c1-20-2-4-21(5-3-20)33-22-6-8-23(9-7-22)34(30,31)25(24(26)29)10-12-27(13-11-25)14-15-28-16-18-32-19-17-28/h2-9H,10-19H2,1H3,(H2,26,29). The molecule has 2 aromatic carbocycles. The molecule has 1 amide bonds. The average Bonchev–Trinajstić information content (AvgIpc) is 2.85. The van der Waals surface area contributed by atoms with E-state index in [0.29, 0.717) is 24.6 Å². The predicted molar refractivity (Wildman–Crippen MR) is 130 cm³/mol. The number of aryl methyl sites for hydroxylation is 1. The highest BCUT2D eigenvalue weighted by molar-refractivity contribution is 7.93. The second-order valence-corrected chi connectivity index (χ2v) is 11.3. The van der Waals surface area contributed by atoms with E-state index in [1.54, 1.807) is 12.1 Å². The number of carbonyl (C=O) groups excluding carboxylic acids is 1. The molecule has 0 aliphatic carbocycles. The Morgan fingerprint density at radius 2 is 1.41 bits per heavy atom. The molecule has 4 rings (SSSR count). The van der Waals surface area contributed by atoms with Gasteiger partial charge in [0.25, 0.3) is 0 Å². The zero-order valence-corrected chi connectivity index (χ0v) is 20.4. The van der Waals surface area contributed by atoms with Crippen LogP contribution < -0.4 is 10.5 Å². The number of hydrogen-bond acceptors (Lipinski definition) is 7. The summed E-state index contributed by atoms with van der Waals surface area (Å²) in [7, 11) is -3.96. The summed E-state index contributed by atoms with van der Waals surface area (Å²) in [4.78, 5) is 17.2. The molecule has 2 aliphatic rings. The van der Waals surface area contributed by atoms with Crippen molar-refractivity contribution in [2.24, 2.45) is 5.73 Å². The molecule has 8 nitrogen and oxygen atoms in total. The monoisotopic (exact) mass is 487 g/mol. The number of carbonyl (C=O) groups is 1. The summed E-state index contributed by atoms with van der Waals surface area (Å²) in [5.74, 6) is 0.411. The van der Waals surface area contributed by atoms with Gasteiger partial charge in [0.05, 0.1) is 18.1 Å². The molecule has 2 N–H and O–H groups in total. The van der Waals surface area contributed by atoms with Gasteiger partial charge in [-0.3, -0.25) is 9.69 Å². The quantitative estimate of drug-likeness (QED) is 0.609. The van der Waals surface area contributed by atoms with Crippen molar-refractivity contribution >= 4 is 15.7 Å². The first-order valence-electron chi connectivity index (χ1n) is 11.7. The van der Waals surface area contributed by atoms with Gasteiger partial charge in [-0.05, 0) is 56.2 Å². The van der Waals surface area contributed by atoms with Crippen LogP contribution in [0.15, 0.2) is 53.4 Å². The summed E-state index contributed by atoms with van der Waals surface area (Å²) < 4.78 is 36.8. The summed E-state index contributed by atoms with van der Waals surface area (Å²) in [6.07, 6.45) is 0.380. The average molecular weight is 488 g/mol. The Kier molecular flexibility index (Phi) is 7.57. The first-order chi connectivity index (χ1) is 16.3. The predicted octanol–water partition coefficient (Wildman–Crippen LogP) is 2.21. The lowest BCUT2D eigenvalue weighted by Crippen LogP contribution is -2.57. The van der Waals surface area contributed by atoms with Gasteiger partial charge >= 0.3 is 0 Å². The summed E-state index contributed by atoms with van der Waals surface area (Å²) in [5.41, 5.74) is 6.85. The number of rotatable bonds is 8. The van der Waals surface area contributed by atoms with Gasteiger partial charge in [0.1, 0.15) is 11.5 Å². The third-order valence-electron chi connectivity index (χ3n) is 6.85. The van der Waals surface area contributed by atoms with E-state index in [-0.39, 0.29) is 17.7 Å². The Labute approximate surface area is 201 Å². The van der Waals surface area contributed by atoms with E-state index in [1.807, 2.05) is 31.2 Å². The molecular formula is C25H33N3O5S. The fourth-order valence-corrected chi connectivity index (χ4v) is 6.48. The summed E-state index contributed by atoms with van der Waals surface area (Å²) in [6.45, 7) is 8.08. The third-order valence-corrected chi connectivity index (χ3v) is 9.39. The van der Waals surface area contributed by atoms with Crippen LogP contribution in [0.1, 0.15) is 18.4 Å². The lowest BCUT2D eigenvalue weighted by Gasteiger charge is -2.39. The number of hydrogen-bond donors (Lipinski definition) is 1. The van der Waals surface area contributed by atoms with E-state index in [1.165, 1.54) is 12.1 Å². The minimum absolute atomic E-state index is 0.0873. The van der Waals surface area contributed by atoms with Crippen LogP contribution in [0.4, 0.5) is 0 Å². The Hall–Kier alpha value is -2.46. The van der Waals surface area contributed by atoms with E-state index in [9.17, 15) is 13.2 Å². The molecule has 9 heteroatoms. The number of piperidine rings is 1. The molecule has 0 unspecified atom stereocenters. The van der Waals surface area contributed by atoms with E-state index in [2.05, 4.69) is 9.80 Å². The summed E-state index contributed by atoms with van der Waals surface area (Å²) >= 11 is 0. The van der Waals surface area contributed by atoms with Crippen LogP contribution in [0.25, 0.3) is 0 Å². The SMILES string of the molecule is Cc1ccc(Oc2ccc(S(=O)(=O)C3(C(N)=O)CCN(CCN4CCOCC4)CC3)cc2)cc1. The molecule has 0 bridgehead atoms. The molecule has 2 saturated heterocycles. The second-order valence-electron chi connectivity index (χ2n) is 9.04. The molecule has 0 saturated carbocycles. The fourth-order valence-electron chi connectivity index (χ4n) is 4.55. The van der Waals surface area contributed by atoms with Crippen molar-refractivity contribution < 1.29 is 22.7 Å². The molecule has 0 spiro atoms. The summed E-state index contributed by atoms with van der Waals surface area (Å²) in [6, 6.07) is 13.8. The molecule has 2 heterocycles. The molecule has 0 radical (unpaired) electrons. The highest BCUT2D eigenvalue weighted by Crippen LogP contribution is 2.36. The van der Waals surface area contributed by atoms with Gasteiger partial charge in [-0.2, -0.15) is 0 Å². The van der Waals surface area contributed by atoms with Crippen LogP contribution in [0.2, 0.25) is 0 Å². The lowest BCUT2D eigenvalue weighted by atomic mass is 9.95. The van der Waals surface area contributed by atoms with Gasteiger partial charge in [-0.25, -0.2) is 8.42 Å². The Bertz CT molecular complexity index is 1070. The maximum Gasteiger partial charge on any atom is 0.239 e. The fraction of sp³-hybridized carbons (Fsp3) is 0.480. The van der Waals surface area contributed by atoms with Gasteiger partial charge in [0.15, 0.2) is 14.6 Å². The Balaban J connectivity index is 1.42. The number of amides is 1. The Morgan fingerprint density at radius 1 is 0.912 bits per heavy atom. The number of ether oxygens (including phenoxy) is 2. The van der Waals surface area contributed by atoms with Gasteiger partial charge in [0, 0.05) is 39.3 Å². The maximum absolute atomic E-state index is 13.6. The van der Waals surface area contributed by atoms with Crippen LogP contribution >= 0.6 is 0 Å². The van der Waals surface area contributed by atoms with Crippen molar-refractivity contribution in [2.75, 3.05) is 52.5 Å². The smallest absolute Gasteiger partial charge is 0.239 e. The van der Waals surface area contributed by atoms with Crippen molar-refractivity contribution in [3.63, 3.8) is 0 Å². The molecule has 184 valence electrons. The molecule has 2 fully saturated rings. The number of sulfone groups is 1. The minimum Gasteiger partial charge on any atom is -0.457 e. The molecule has 2 aromatic rings. The number of morpholine rings is 1. The van der Waals surface area contributed by atoms with Gasteiger partial charge < -0.3 is 20.1 Å². The van der Waals surface area contributed by atoms with Gasteiger partial charge in [-0.15, -0.1) is 0 Å². The minimum atomic E-state index is -3.96. The topological polar surface area (TPSA) is 102 Å². The van der Waals surface area contributed by atoms with Crippen LogP contribution in [0.5, 0.6) is 11.5 Å². The number of likely N-dealkylation sites (tertiary alicyclic amines) is 1. The van der Waals surface area contributed by atoms with E-state index in [4.69, 9.17) is 15.2 Å². The zero-order valence-electron chi connectivity index (χ0n) is 19.6. The van der Waals surface area contributed by atoms with E-state index in [0.717, 1.165) is 45.0 Å². The maximum atomic E-state index is 13.6. The van der Waals surface area contributed by atoms with Crippen LogP contribution in [-0.4, -0.2) is 81.4 Å². The normalized spacial score (nSPS) is 19.6. The van der Waals surface area contributed by atoms with Crippen molar-refractivity contribution in [1.29, 1.82) is 0 Å². The number of nitrogens with two attached hydrogens (primary N) is 1. The van der Waals surface area contributed by atoms with Crippen molar-refractivity contribution in [3.8, 4) is 11.5 Å². The number of nitrogens with zero attached hydrogens (tertiary/aromatic N) is 2. The van der Waals surface area contributed by atoms with Crippen molar-refractivity contribution in [2.45, 2.75) is 29.4 Å². The molecule has 0 atom stereocenters. The van der Waals surface area contributed by atoms with Crippen molar-refractivity contribution in [3.05, 3.63) is 54.1 Å². The first-order valence-corrected chi connectivity index (χ1v) is 13.2. The zero-order chi connectivity index (χ0) is 24.2. The van der Waals surface area contributed by atoms with Crippen LogP contribution in [0.3, 0.4) is 0 Å². The Morgan fingerprint density at radius 3 is 1.94 bits per heavy atom. The van der Waals surface area contributed by atoms with E-state index >= 15 is 0 Å². The first kappa shape index (κ1) is 24.7. The van der Waals surface area contributed by atoms with E-state index < -0.39 is 20.5 Å². The largest absolute Gasteiger partial charge is 0.457 e. The molecular weight excluding hydrogens is 454 g/mol. The third kappa shape index (κ3) is 5.27. The van der Waals surface area contributed by atoms with Crippen LogP contribution in [0, 0.1) is 6.92 Å². The lowest BCUT2D eigenvalue weighted by molar-refractivity contribution is -0.121.